The summed E-state index contributed by atoms with van der Waals surface area (Å²) in [6, 6.07) is 17.5. The van der Waals surface area contributed by atoms with Crippen molar-refractivity contribution in [2.75, 3.05) is 18.5 Å². The summed E-state index contributed by atoms with van der Waals surface area (Å²) < 4.78 is 0. The average molecular weight is 410 g/mol. The Morgan fingerprint density at radius 2 is 1.79 bits per heavy atom. The monoisotopic (exact) mass is 409 g/mol. The van der Waals surface area contributed by atoms with E-state index in [4.69, 9.17) is 10.1 Å². The van der Waals surface area contributed by atoms with Gasteiger partial charge in [-0.1, -0.05) is 42.5 Å². The van der Waals surface area contributed by atoms with Crippen molar-refractivity contribution in [3.05, 3.63) is 70.6 Å². The average Bonchev–Trinajstić information content (AvgIpc) is 3.11. The number of benzene rings is 2. The Balaban J connectivity index is 1.63. The molecular weight excluding hydrogens is 386 g/mol. The number of carboxylic acid groups (broad SMARTS) is 1. The Hall–Kier alpha value is -3.19. The molecular formula is C22H23N3O3S. The van der Waals surface area contributed by atoms with E-state index in [1.54, 1.807) is 23.5 Å². The molecule has 150 valence electrons. The molecule has 0 radical (unpaired) electrons. The second kappa shape index (κ2) is 9.34. The zero-order chi connectivity index (χ0) is 20.8. The number of aromatic nitrogens is 1. The number of aryl methyl sites for hydroxylation is 1. The topological polar surface area (TPSA) is 82.5 Å². The number of aliphatic carboxylic acids is 1. The molecule has 3 aromatic rings. The lowest BCUT2D eigenvalue weighted by Gasteiger charge is -2.16. The Labute approximate surface area is 173 Å². The second-order valence-electron chi connectivity index (χ2n) is 6.72. The van der Waals surface area contributed by atoms with E-state index in [0.717, 1.165) is 22.0 Å². The first-order valence-electron chi connectivity index (χ1n) is 9.27. The summed E-state index contributed by atoms with van der Waals surface area (Å²) in [5, 5.41) is 12.2. The van der Waals surface area contributed by atoms with E-state index in [2.05, 4.69) is 29.3 Å². The molecule has 6 nitrogen and oxygen atoms in total. The molecule has 7 heteroatoms. The summed E-state index contributed by atoms with van der Waals surface area (Å²) in [7, 11) is 2.00. The van der Waals surface area contributed by atoms with Crippen LogP contribution in [0, 0.1) is 6.92 Å². The fraction of sp³-hybridized carbons (Fsp3) is 0.227. The fourth-order valence-corrected chi connectivity index (χ4v) is 3.79. The number of hydrogen-bond acceptors (Lipinski definition) is 5. The van der Waals surface area contributed by atoms with Gasteiger partial charge in [0.15, 0.2) is 5.13 Å². The first kappa shape index (κ1) is 20.5. The van der Waals surface area contributed by atoms with Crippen LogP contribution in [0.15, 0.2) is 54.6 Å². The van der Waals surface area contributed by atoms with Crippen molar-refractivity contribution in [3.8, 4) is 11.3 Å². The molecule has 0 spiro atoms. The number of carbonyl (C=O) groups is 2. The maximum atomic E-state index is 12.0. The number of carbonyl (C=O) groups excluding carboxylic acids is 1. The standard InChI is InChI=1S/C22H23N3O3S/c1-15-20(17-6-4-3-5-7-17)24-22(29-15)25(2)14-16-8-10-18(11-9-16)21(28)23-13-12-19(26)27/h3-11H,12-14H2,1-2H3,(H,23,28)(H,26,27). The van der Waals surface area contributed by atoms with Crippen molar-refractivity contribution in [1.29, 1.82) is 0 Å². The largest absolute Gasteiger partial charge is 0.481 e. The lowest BCUT2D eigenvalue weighted by atomic mass is 10.1. The lowest BCUT2D eigenvalue weighted by molar-refractivity contribution is -0.136. The van der Waals surface area contributed by atoms with Crippen molar-refractivity contribution in [2.45, 2.75) is 19.9 Å². The van der Waals surface area contributed by atoms with E-state index < -0.39 is 5.97 Å². The van der Waals surface area contributed by atoms with Gasteiger partial charge >= 0.3 is 5.97 Å². The van der Waals surface area contributed by atoms with Crippen molar-refractivity contribution in [3.63, 3.8) is 0 Å². The Bertz CT molecular complexity index is 984. The van der Waals surface area contributed by atoms with Gasteiger partial charge in [0.2, 0.25) is 0 Å². The van der Waals surface area contributed by atoms with Crippen LogP contribution in [0.4, 0.5) is 5.13 Å². The van der Waals surface area contributed by atoms with Crippen molar-refractivity contribution in [1.82, 2.24) is 10.3 Å². The van der Waals surface area contributed by atoms with Gasteiger partial charge in [0.05, 0.1) is 12.1 Å². The van der Waals surface area contributed by atoms with Gasteiger partial charge in [0.1, 0.15) is 0 Å². The number of hydrogen-bond donors (Lipinski definition) is 2. The normalized spacial score (nSPS) is 10.6. The Morgan fingerprint density at radius 3 is 2.45 bits per heavy atom. The molecule has 0 saturated heterocycles. The summed E-state index contributed by atoms with van der Waals surface area (Å²) in [6.45, 7) is 2.86. The summed E-state index contributed by atoms with van der Waals surface area (Å²) in [5.41, 5.74) is 3.69. The molecule has 0 saturated carbocycles. The number of amides is 1. The van der Waals surface area contributed by atoms with E-state index in [1.165, 1.54) is 4.88 Å². The van der Waals surface area contributed by atoms with Crippen LogP contribution in [0.5, 0.6) is 0 Å². The molecule has 29 heavy (non-hydrogen) atoms. The zero-order valence-electron chi connectivity index (χ0n) is 16.4. The molecule has 3 rings (SSSR count). The molecule has 2 aromatic carbocycles. The molecule has 0 aliphatic rings. The van der Waals surface area contributed by atoms with Crippen LogP contribution in [0.25, 0.3) is 11.3 Å². The molecule has 0 unspecified atom stereocenters. The van der Waals surface area contributed by atoms with E-state index in [-0.39, 0.29) is 18.9 Å². The number of anilines is 1. The van der Waals surface area contributed by atoms with Gasteiger partial charge < -0.3 is 15.3 Å². The number of carboxylic acids is 1. The smallest absolute Gasteiger partial charge is 0.305 e. The fourth-order valence-electron chi connectivity index (χ4n) is 2.90. The lowest BCUT2D eigenvalue weighted by Crippen LogP contribution is -2.26. The van der Waals surface area contributed by atoms with E-state index in [9.17, 15) is 9.59 Å². The summed E-state index contributed by atoms with van der Waals surface area (Å²) >= 11 is 1.66. The maximum absolute atomic E-state index is 12.0. The molecule has 0 aliphatic heterocycles. The minimum atomic E-state index is -0.934. The van der Waals surface area contributed by atoms with Crippen molar-refractivity contribution >= 4 is 28.3 Å². The van der Waals surface area contributed by atoms with Crippen LogP contribution in [-0.4, -0.2) is 35.6 Å². The van der Waals surface area contributed by atoms with E-state index in [0.29, 0.717) is 12.1 Å². The highest BCUT2D eigenvalue weighted by Crippen LogP contribution is 2.32. The highest BCUT2D eigenvalue weighted by Gasteiger charge is 2.13. The SMILES string of the molecule is Cc1sc(N(C)Cc2ccc(C(=O)NCCC(=O)O)cc2)nc1-c1ccccc1. The highest BCUT2D eigenvalue weighted by molar-refractivity contribution is 7.16. The molecule has 1 amide bonds. The van der Waals surface area contributed by atoms with Gasteiger partial charge in [-0.2, -0.15) is 0 Å². The number of rotatable bonds is 8. The van der Waals surface area contributed by atoms with Crippen LogP contribution in [-0.2, 0) is 11.3 Å². The molecule has 2 N–H and O–H groups in total. The van der Waals surface area contributed by atoms with Crippen molar-refractivity contribution < 1.29 is 14.7 Å². The maximum Gasteiger partial charge on any atom is 0.305 e. The van der Waals surface area contributed by atoms with Crippen LogP contribution >= 0.6 is 11.3 Å². The predicted molar refractivity (Wildman–Crippen MR) is 115 cm³/mol. The quantitative estimate of drug-likeness (QED) is 0.588. The van der Waals surface area contributed by atoms with E-state index in [1.807, 2.05) is 37.4 Å². The Kier molecular flexibility index (Phi) is 6.61. The summed E-state index contributed by atoms with van der Waals surface area (Å²) in [4.78, 5) is 30.6. The third-order valence-corrected chi connectivity index (χ3v) is 5.50. The third-order valence-electron chi connectivity index (χ3n) is 4.42. The van der Waals surface area contributed by atoms with Crippen LogP contribution in [0.2, 0.25) is 0 Å². The van der Waals surface area contributed by atoms with Gasteiger partial charge in [0, 0.05) is 36.1 Å². The first-order valence-corrected chi connectivity index (χ1v) is 10.1. The van der Waals surface area contributed by atoms with Gasteiger partial charge in [0.25, 0.3) is 5.91 Å². The van der Waals surface area contributed by atoms with Gasteiger partial charge in [-0.15, -0.1) is 11.3 Å². The molecule has 0 atom stereocenters. The van der Waals surface area contributed by atoms with E-state index >= 15 is 0 Å². The second-order valence-corrected chi connectivity index (χ2v) is 7.90. The van der Waals surface area contributed by atoms with Crippen LogP contribution in [0.3, 0.4) is 0 Å². The molecule has 0 fully saturated rings. The Morgan fingerprint density at radius 1 is 1.10 bits per heavy atom. The number of nitrogens with zero attached hydrogens (tertiary/aromatic N) is 2. The number of nitrogens with one attached hydrogen (secondary N) is 1. The predicted octanol–water partition coefficient (Wildman–Crippen LogP) is 3.96. The minimum absolute atomic E-state index is 0.0905. The highest BCUT2D eigenvalue weighted by atomic mass is 32.1. The minimum Gasteiger partial charge on any atom is -0.481 e. The summed E-state index contributed by atoms with van der Waals surface area (Å²) in [5.74, 6) is -1.20. The third kappa shape index (κ3) is 5.42. The zero-order valence-corrected chi connectivity index (χ0v) is 17.2. The van der Waals surface area contributed by atoms with Crippen LogP contribution in [0.1, 0.15) is 27.2 Å². The molecule has 1 aromatic heterocycles. The molecule has 0 aliphatic carbocycles. The van der Waals surface area contributed by atoms with Crippen molar-refractivity contribution in [2.24, 2.45) is 0 Å². The first-order chi connectivity index (χ1) is 13.9. The van der Waals surface area contributed by atoms with Crippen LogP contribution < -0.4 is 10.2 Å². The van der Waals surface area contributed by atoms with Gasteiger partial charge in [-0.05, 0) is 24.6 Å². The van der Waals surface area contributed by atoms with Gasteiger partial charge in [-0.3, -0.25) is 9.59 Å². The molecule has 1 heterocycles. The number of thiazole rings is 1. The summed E-state index contributed by atoms with van der Waals surface area (Å²) in [6.07, 6.45) is -0.0905. The van der Waals surface area contributed by atoms with Gasteiger partial charge in [-0.25, -0.2) is 4.98 Å². The molecule has 0 bridgehead atoms.